The number of hydrogen-bond acceptors (Lipinski definition) is 6. The molecule has 1 aliphatic carbocycles. The van der Waals surface area contributed by atoms with Gasteiger partial charge in [-0.3, -0.25) is 4.79 Å². The molecular formula is C26H26FN7O. The molecule has 1 aromatic carbocycles. The van der Waals surface area contributed by atoms with Gasteiger partial charge in [0, 0.05) is 18.4 Å². The number of pyridine rings is 1. The van der Waals surface area contributed by atoms with Crippen molar-refractivity contribution in [3.05, 3.63) is 82.4 Å². The van der Waals surface area contributed by atoms with Gasteiger partial charge in [-0.2, -0.15) is 4.98 Å². The van der Waals surface area contributed by atoms with Crippen molar-refractivity contribution in [2.75, 3.05) is 11.9 Å². The van der Waals surface area contributed by atoms with Crippen LogP contribution in [0.5, 0.6) is 0 Å². The minimum atomic E-state index is -1.41. The summed E-state index contributed by atoms with van der Waals surface area (Å²) < 4.78 is 18.3. The van der Waals surface area contributed by atoms with Gasteiger partial charge in [0.15, 0.2) is 17.1 Å². The molecule has 1 aliphatic heterocycles. The van der Waals surface area contributed by atoms with Gasteiger partial charge < -0.3 is 10.6 Å². The third kappa shape index (κ3) is 3.72. The van der Waals surface area contributed by atoms with E-state index in [1.807, 2.05) is 6.07 Å². The summed E-state index contributed by atoms with van der Waals surface area (Å²) in [6, 6.07) is 11.5. The highest BCUT2D eigenvalue weighted by molar-refractivity contribution is 5.77. The van der Waals surface area contributed by atoms with Crippen molar-refractivity contribution in [1.82, 2.24) is 29.6 Å². The topological polar surface area (TPSA) is 89.7 Å². The second-order valence-corrected chi connectivity index (χ2v) is 9.15. The maximum atomic E-state index is 15.1. The molecule has 1 fully saturated rings. The average molecular weight is 472 g/mol. The molecule has 8 nitrogen and oxygen atoms in total. The van der Waals surface area contributed by atoms with Crippen molar-refractivity contribution in [1.29, 1.82) is 0 Å². The predicted octanol–water partition coefficient (Wildman–Crippen LogP) is 3.90. The Morgan fingerprint density at radius 2 is 2.09 bits per heavy atom. The SMILES string of the molecule is C=CCn1c(=O)c2cnc(Nc3ccc4c(c3)CNCC4)nc2n1-c1cccc(C2(F)CCC2)n1. The number of fused-ring (bicyclic) bond motifs is 2. The standard InChI is InChI=1S/C26H26FN7O/c1-2-13-33-24(35)20-16-29-25(30-19-8-7-17-9-12-28-15-18(17)14-19)32-23(20)34(33)22-6-3-5-21(31-22)26(27)10-4-11-26/h2-3,5-8,14,16,28H,1,4,9-13,15H2,(H,29,30,32). The fraction of sp³-hybridized carbons (Fsp3) is 0.308. The number of halogens is 1. The van der Waals surface area contributed by atoms with Crippen molar-refractivity contribution in [3.8, 4) is 5.82 Å². The Balaban J connectivity index is 1.44. The summed E-state index contributed by atoms with van der Waals surface area (Å²) in [6.07, 6.45) is 5.93. The first-order chi connectivity index (χ1) is 17.1. The first kappa shape index (κ1) is 21.7. The summed E-state index contributed by atoms with van der Waals surface area (Å²) in [4.78, 5) is 26.9. The number of nitrogens with one attached hydrogen (secondary N) is 2. The van der Waals surface area contributed by atoms with E-state index in [0.717, 1.165) is 31.6 Å². The fourth-order valence-corrected chi connectivity index (χ4v) is 4.83. The third-order valence-electron chi connectivity index (χ3n) is 6.88. The van der Waals surface area contributed by atoms with Crippen molar-refractivity contribution in [2.24, 2.45) is 0 Å². The van der Waals surface area contributed by atoms with Crippen LogP contribution in [0.25, 0.3) is 16.9 Å². The van der Waals surface area contributed by atoms with Crippen LogP contribution >= 0.6 is 0 Å². The Hall–Kier alpha value is -3.85. The van der Waals surface area contributed by atoms with Gasteiger partial charge in [0.2, 0.25) is 5.95 Å². The Kier molecular flexibility index (Phi) is 5.21. The molecule has 2 N–H and O–H groups in total. The first-order valence-electron chi connectivity index (χ1n) is 11.9. The molecule has 9 heteroatoms. The van der Waals surface area contributed by atoms with Crippen LogP contribution in [0.2, 0.25) is 0 Å². The van der Waals surface area contributed by atoms with E-state index in [1.54, 1.807) is 29.0 Å². The van der Waals surface area contributed by atoms with Crippen molar-refractivity contribution in [2.45, 2.75) is 44.4 Å². The van der Waals surface area contributed by atoms with E-state index in [0.29, 0.717) is 41.3 Å². The first-order valence-corrected chi connectivity index (χ1v) is 11.9. The van der Waals surface area contributed by atoms with Gasteiger partial charge >= 0.3 is 0 Å². The zero-order valence-corrected chi connectivity index (χ0v) is 19.3. The number of aromatic nitrogens is 5. The maximum absolute atomic E-state index is 15.1. The Bertz CT molecular complexity index is 1500. The van der Waals surface area contributed by atoms with E-state index in [4.69, 9.17) is 0 Å². The van der Waals surface area contributed by atoms with Crippen LogP contribution in [-0.4, -0.2) is 30.9 Å². The number of anilines is 2. The summed E-state index contributed by atoms with van der Waals surface area (Å²) in [7, 11) is 0. The minimum absolute atomic E-state index is 0.252. The molecule has 0 bridgehead atoms. The zero-order valence-electron chi connectivity index (χ0n) is 19.3. The van der Waals surface area contributed by atoms with Gasteiger partial charge in [-0.1, -0.05) is 18.2 Å². The summed E-state index contributed by atoms with van der Waals surface area (Å²) in [5.41, 5.74) is 2.58. The molecule has 35 heavy (non-hydrogen) atoms. The molecule has 0 atom stereocenters. The Labute approximate surface area is 201 Å². The molecule has 0 radical (unpaired) electrons. The van der Waals surface area contributed by atoms with Crippen molar-refractivity contribution >= 4 is 22.7 Å². The van der Waals surface area contributed by atoms with Gasteiger partial charge in [-0.05, 0) is 67.6 Å². The smallest absolute Gasteiger partial charge is 0.278 e. The van der Waals surface area contributed by atoms with Crippen LogP contribution in [0.3, 0.4) is 0 Å². The second kappa shape index (κ2) is 8.42. The lowest BCUT2D eigenvalue weighted by Crippen LogP contribution is -2.30. The molecule has 0 amide bonds. The number of nitrogens with zero attached hydrogens (tertiary/aromatic N) is 5. The van der Waals surface area contributed by atoms with Crippen LogP contribution in [0.4, 0.5) is 16.0 Å². The van der Waals surface area contributed by atoms with Crippen LogP contribution in [0.15, 0.2) is 60.0 Å². The molecule has 6 rings (SSSR count). The van der Waals surface area contributed by atoms with Gasteiger partial charge in [0.1, 0.15) is 5.39 Å². The Morgan fingerprint density at radius 1 is 1.20 bits per heavy atom. The molecule has 178 valence electrons. The summed E-state index contributed by atoms with van der Waals surface area (Å²) >= 11 is 0. The van der Waals surface area contributed by atoms with Gasteiger partial charge in [-0.15, -0.1) is 6.58 Å². The van der Waals surface area contributed by atoms with Crippen molar-refractivity contribution < 1.29 is 4.39 Å². The normalized spacial score (nSPS) is 16.5. The average Bonchev–Trinajstić information content (AvgIpc) is 3.13. The van der Waals surface area contributed by atoms with E-state index >= 15 is 4.39 Å². The molecule has 0 unspecified atom stereocenters. The van der Waals surface area contributed by atoms with Crippen LogP contribution in [0.1, 0.15) is 36.1 Å². The second-order valence-electron chi connectivity index (χ2n) is 9.15. The summed E-state index contributed by atoms with van der Waals surface area (Å²) in [6.45, 7) is 5.85. The molecule has 1 saturated carbocycles. The van der Waals surface area contributed by atoms with Crippen molar-refractivity contribution in [3.63, 3.8) is 0 Å². The quantitative estimate of drug-likeness (QED) is 0.415. The molecule has 4 aromatic rings. The molecule has 3 aromatic heterocycles. The summed E-state index contributed by atoms with van der Waals surface area (Å²) in [5, 5.41) is 7.01. The number of benzene rings is 1. The monoisotopic (exact) mass is 471 g/mol. The third-order valence-corrected chi connectivity index (χ3v) is 6.88. The van der Waals surface area contributed by atoms with E-state index in [2.05, 4.69) is 44.3 Å². The highest BCUT2D eigenvalue weighted by atomic mass is 19.1. The van der Waals surface area contributed by atoms with Crippen LogP contribution in [0, 0.1) is 0 Å². The number of alkyl halides is 1. The van der Waals surface area contributed by atoms with E-state index in [-0.39, 0.29) is 12.1 Å². The van der Waals surface area contributed by atoms with E-state index in [9.17, 15) is 4.79 Å². The van der Waals surface area contributed by atoms with E-state index < -0.39 is 5.67 Å². The number of rotatable bonds is 6. The minimum Gasteiger partial charge on any atom is -0.324 e. The largest absolute Gasteiger partial charge is 0.324 e. The van der Waals surface area contributed by atoms with Gasteiger partial charge in [-0.25, -0.2) is 23.7 Å². The lowest BCUT2D eigenvalue weighted by Gasteiger charge is -2.33. The molecule has 0 saturated heterocycles. The Morgan fingerprint density at radius 3 is 2.89 bits per heavy atom. The predicted molar refractivity (Wildman–Crippen MR) is 133 cm³/mol. The highest BCUT2D eigenvalue weighted by Gasteiger charge is 2.40. The van der Waals surface area contributed by atoms with E-state index in [1.165, 1.54) is 22.0 Å². The molecule has 0 spiro atoms. The van der Waals surface area contributed by atoms with Crippen LogP contribution in [-0.2, 0) is 25.2 Å². The van der Waals surface area contributed by atoms with Gasteiger partial charge in [0.25, 0.3) is 5.56 Å². The molecule has 4 heterocycles. The molecule has 2 aliphatic rings. The highest BCUT2D eigenvalue weighted by Crippen LogP contribution is 2.44. The zero-order chi connectivity index (χ0) is 24.0. The molecular weight excluding hydrogens is 445 g/mol. The number of hydrogen-bond donors (Lipinski definition) is 2. The summed E-state index contributed by atoms with van der Waals surface area (Å²) in [5.74, 6) is 0.799. The number of allylic oxidation sites excluding steroid dienone is 1. The fourth-order valence-electron chi connectivity index (χ4n) is 4.83. The lowest BCUT2D eigenvalue weighted by molar-refractivity contribution is 0.0559. The maximum Gasteiger partial charge on any atom is 0.278 e. The van der Waals surface area contributed by atoms with Crippen LogP contribution < -0.4 is 16.2 Å². The van der Waals surface area contributed by atoms with Gasteiger partial charge in [0.05, 0.1) is 12.2 Å². The lowest BCUT2D eigenvalue weighted by atomic mass is 9.79.